The van der Waals surface area contributed by atoms with Crippen molar-refractivity contribution in [3.05, 3.63) is 105 Å². The van der Waals surface area contributed by atoms with Gasteiger partial charge in [0.25, 0.3) is 0 Å². The molecule has 0 saturated carbocycles. The Morgan fingerprint density at radius 1 is 0.531 bits per heavy atom. The fourth-order valence-electron chi connectivity index (χ4n) is 5.16. The highest BCUT2D eigenvalue weighted by Crippen LogP contribution is 2.41. The molecule has 5 aliphatic rings. The Balaban J connectivity index is 1.65. The van der Waals surface area contributed by atoms with Crippen molar-refractivity contribution in [2.24, 2.45) is 0 Å². The van der Waals surface area contributed by atoms with Gasteiger partial charge in [-0.25, -0.2) is 0 Å². The highest BCUT2D eigenvalue weighted by molar-refractivity contribution is 6.34. The van der Waals surface area contributed by atoms with Gasteiger partial charge in [-0.15, -0.1) is 0 Å². The predicted molar refractivity (Wildman–Crippen MR) is 122 cm³/mol. The van der Waals surface area contributed by atoms with Gasteiger partial charge in [-0.1, -0.05) is 42.5 Å². The Bertz CT molecular complexity index is 1460. The molecule has 5 aliphatic carbocycles. The molecule has 0 spiro atoms. The molecular weight excluding hydrogens is 400 g/mol. The maximum absolute atomic E-state index is 13.7. The van der Waals surface area contributed by atoms with E-state index in [0.717, 1.165) is 47.6 Å². The number of phenols is 2. The molecule has 0 fully saturated rings. The van der Waals surface area contributed by atoms with Gasteiger partial charge in [0.05, 0.1) is 11.1 Å². The first-order valence-electron chi connectivity index (χ1n) is 10.8. The molecule has 4 aromatic carbocycles. The second-order valence-corrected chi connectivity index (χ2v) is 8.62. The quantitative estimate of drug-likeness (QED) is 0.349. The summed E-state index contributed by atoms with van der Waals surface area (Å²) in [4.78, 5) is 27.0. The first-order valence-corrected chi connectivity index (χ1v) is 10.8. The Labute approximate surface area is 184 Å². The van der Waals surface area contributed by atoms with Crippen LogP contribution in [0, 0.1) is 0 Å². The van der Waals surface area contributed by atoms with Crippen LogP contribution in [0.15, 0.2) is 60.7 Å². The average Bonchev–Trinajstić information content (AvgIpc) is 2.80. The molecule has 0 aliphatic heterocycles. The fraction of sp³-hybridized carbons (Fsp3) is 0.143. The van der Waals surface area contributed by atoms with Crippen LogP contribution in [0.25, 0.3) is 10.8 Å². The number of phenolic OH excluding ortho intramolecular Hbond substituents is 2. The van der Waals surface area contributed by atoms with Crippen molar-refractivity contribution < 1.29 is 19.8 Å². The lowest BCUT2D eigenvalue weighted by Crippen LogP contribution is -2.22. The molecule has 2 N–H and O–H groups in total. The normalized spacial score (nSPS) is 14.8. The van der Waals surface area contributed by atoms with E-state index in [0.29, 0.717) is 5.56 Å². The third-order valence-corrected chi connectivity index (χ3v) is 6.83. The molecule has 9 rings (SSSR count). The highest BCUT2D eigenvalue weighted by atomic mass is 16.3. The molecule has 0 heterocycles. The van der Waals surface area contributed by atoms with E-state index in [-0.39, 0.29) is 28.2 Å². The zero-order valence-electron chi connectivity index (χ0n) is 17.3. The summed E-state index contributed by atoms with van der Waals surface area (Å²) in [6.07, 6.45) is 3.26. The van der Waals surface area contributed by atoms with Crippen molar-refractivity contribution in [1.29, 1.82) is 0 Å². The van der Waals surface area contributed by atoms with E-state index in [1.807, 2.05) is 6.07 Å². The number of hydrogen-bond donors (Lipinski definition) is 2. The Kier molecular flexibility index (Phi) is 3.99. The fourth-order valence-corrected chi connectivity index (χ4v) is 5.16. The molecule has 0 unspecified atom stereocenters. The van der Waals surface area contributed by atoms with Crippen molar-refractivity contribution in [2.45, 2.75) is 25.7 Å². The monoisotopic (exact) mass is 420 g/mol. The third kappa shape index (κ3) is 2.62. The van der Waals surface area contributed by atoms with Gasteiger partial charge in [0.15, 0.2) is 11.6 Å². The van der Waals surface area contributed by atoms with Crippen LogP contribution >= 0.6 is 0 Å². The summed E-state index contributed by atoms with van der Waals surface area (Å²) in [5.41, 5.74) is 5.03. The number of carbonyl (C=O) groups is 2. The van der Waals surface area contributed by atoms with Gasteiger partial charge in [0.1, 0.15) is 11.5 Å². The molecule has 4 aromatic rings. The molecule has 0 saturated heterocycles. The number of rotatable bonds is 0. The van der Waals surface area contributed by atoms with Crippen LogP contribution < -0.4 is 0 Å². The molecule has 4 heteroatoms. The summed E-state index contributed by atoms with van der Waals surface area (Å²) in [5.74, 6) is -1.42. The van der Waals surface area contributed by atoms with E-state index >= 15 is 0 Å². The van der Waals surface area contributed by atoms with E-state index < -0.39 is 11.6 Å². The van der Waals surface area contributed by atoms with E-state index in [2.05, 4.69) is 36.4 Å². The van der Waals surface area contributed by atoms with E-state index in [4.69, 9.17) is 0 Å². The van der Waals surface area contributed by atoms with Gasteiger partial charge < -0.3 is 10.2 Å². The van der Waals surface area contributed by atoms with Gasteiger partial charge in [0.2, 0.25) is 0 Å². The first kappa shape index (κ1) is 18.8. The lowest BCUT2D eigenvalue weighted by Gasteiger charge is -2.23. The highest BCUT2D eigenvalue weighted by Gasteiger charge is 2.36. The minimum atomic E-state index is -0.433. The summed E-state index contributed by atoms with van der Waals surface area (Å²) in [7, 11) is 0. The van der Waals surface area contributed by atoms with E-state index in [1.165, 1.54) is 23.3 Å². The maximum Gasteiger partial charge on any atom is 0.199 e. The average molecular weight is 420 g/mol. The van der Waals surface area contributed by atoms with Gasteiger partial charge in [-0.2, -0.15) is 0 Å². The molecule has 0 amide bonds. The Morgan fingerprint density at radius 3 is 1.75 bits per heavy atom. The van der Waals surface area contributed by atoms with Crippen molar-refractivity contribution in [2.75, 3.05) is 0 Å². The lowest BCUT2D eigenvalue weighted by molar-refractivity contribution is 0.0975. The summed E-state index contributed by atoms with van der Waals surface area (Å²) < 4.78 is 0. The van der Waals surface area contributed by atoms with Gasteiger partial charge in [-0.3, -0.25) is 9.59 Å². The second kappa shape index (κ2) is 6.79. The SMILES string of the molecule is O=C1c2ccc3c4ccc(c3c2C(=O)c2c(O)ccc(O)c21)CCc1ccc(cc1)CC4. The molecule has 0 aromatic heterocycles. The smallest absolute Gasteiger partial charge is 0.199 e. The zero-order valence-corrected chi connectivity index (χ0v) is 17.3. The summed E-state index contributed by atoms with van der Waals surface area (Å²) in [6, 6.07) is 19.0. The molecule has 4 bridgehead atoms. The molecule has 0 atom stereocenters. The predicted octanol–water partition coefficient (Wildman–Crippen LogP) is 4.91. The van der Waals surface area contributed by atoms with Crippen LogP contribution in [-0.4, -0.2) is 21.8 Å². The molecule has 156 valence electrons. The number of benzene rings is 4. The number of aromatic hydroxyl groups is 2. The topological polar surface area (TPSA) is 74.6 Å². The van der Waals surface area contributed by atoms with Crippen LogP contribution in [0.3, 0.4) is 0 Å². The number of hydrogen-bond acceptors (Lipinski definition) is 4. The summed E-state index contributed by atoms with van der Waals surface area (Å²) in [5, 5.41) is 22.5. The Morgan fingerprint density at radius 2 is 1.09 bits per heavy atom. The number of carbonyl (C=O) groups excluding carboxylic acids is 2. The lowest BCUT2D eigenvalue weighted by atomic mass is 9.78. The van der Waals surface area contributed by atoms with Crippen LogP contribution in [0.1, 0.15) is 54.1 Å². The van der Waals surface area contributed by atoms with Crippen LogP contribution in [0.5, 0.6) is 11.5 Å². The maximum atomic E-state index is 13.7. The molecule has 4 nitrogen and oxygen atoms in total. The number of aryl methyl sites for hydroxylation is 4. The summed E-state index contributed by atoms with van der Waals surface area (Å²) >= 11 is 0. The van der Waals surface area contributed by atoms with E-state index in [1.54, 1.807) is 6.07 Å². The minimum Gasteiger partial charge on any atom is -0.507 e. The third-order valence-electron chi connectivity index (χ3n) is 6.83. The molecular formula is C28H20O4. The van der Waals surface area contributed by atoms with Gasteiger partial charge in [-0.05, 0) is 76.9 Å². The molecule has 0 radical (unpaired) electrons. The van der Waals surface area contributed by atoms with Crippen LogP contribution in [-0.2, 0) is 25.7 Å². The van der Waals surface area contributed by atoms with Crippen LogP contribution in [0.2, 0.25) is 0 Å². The first-order chi connectivity index (χ1) is 15.5. The summed E-state index contributed by atoms with van der Waals surface area (Å²) in [6.45, 7) is 0. The van der Waals surface area contributed by atoms with Gasteiger partial charge in [0, 0.05) is 11.1 Å². The standard InChI is InChI=1S/C28H20O4/c29-21-13-14-22(30)26-25(21)27(31)20-12-11-19-17-7-5-15-1-3-16(4-2-15)6-8-18(10-9-17)23(19)24(20)28(26)32/h1-4,9-14,29-30H,5-8H2. The number of ketones is 2. The van der Waals surface area contributed by atoms with Crippen molar-refractivity contribution >= 4 is 22.3 Å². The Hall–Kier alpha value is -3.92. The van der Waals surface area contributed by atoms with Crippen molar-refractivity contribution in [3.8, 4) is 11.5 Å². The van der Waals surface area contributed by atoms with Crippen molar-refractivity contribution in [3.63, 3.8) is 0 Å². The van der Waals surface area contributed by atoms with E-state index in [9.17, 15) is 19.8 Å². The number of fused-ring (bicyclic) bond motifs is 2. The molecule has 32 heavy (non-hydrogen) atoms. The largest absolute Gasteiger partial charge is 0.507 e. The van der Waals surface area contributed by atoms with Gasteiger partial charge >= 0.3 is 0 Å². The van der Waals surface area contributed by atoms with Crippen molar-refractivity contribution in [1.82, 2.24) is 0 Å². The zero-order chi connectivity index (χ0) is 22.0. The van der Waals surface area contributed by atoms with Crippen LogP contribution in [0.4, 0.5) is 0 Å². The second-order valence-electron chi connectivity index (χ2n) is 8.62. The minimum absolute atomic E-state index is 0.109.